The fourth-order valence-electron chi connectivity index (χ4n) is 3.42. The van der Waals surface area contributed by atoms with Gasteiger partial charge in [0.25, 0.3) is 0 Å². The summed E-state index contributed by atoms with van der Waals surface area (Å²) < 4.78 is 40.2. The van der Waals surface area contributed by atoms with Crippen molar-refractivity contribution in [3.63, 3.8) is 0 Å². The maximum absolute atomic E-state index is 10.5. The second-order valence-corrected chi connectivity index (χ2v) is 11.8. The van der Waals surface area contributed by atoms with E-state index in [4.69, 9.17) is 42.7 Å². The third kappa shape index (κ3) is 105. The fraction of sp³-hybridized carbons (Fsp3) is 0.953. The molecule has 2 atom stereocenters. The van der Waals surface area contributed by atoms with Gasteiger partial charge in [0.1, 0.15) is 6.79 Å². The lowest BCUT2D eigenvalue weighted by Crippen LogP contribution is -2.23. The maximum atomic E-state index is 10.5. The molecule has 4 N–H and O–H groups in total. The molecular formula is C43H96N2O13. The number of carbonyl (C=O) groups is 1. The molecule has 1 amide bonds. The Kier molecular flexibility index (Phi) is 96.9. The summed E-state index contributed by atoms with van der Waals surface area (Å²) in [5.74, 6) is 0. The molecule has 15 heteroatoms. The van der Waals surface area contributed by atoms with Crippen LogP contribution in [0, 0.1) is 0 Å². The minimum atomic E-state index is -0.320. The second kappa shape index (κ2) is 79.4. The lowest BCUT2D eigenvalue weighted by Gasteiger charge is -2.08. The third-order valence-electron chi connectivity index (χ3n) is 6.44. The van der Waals surface area contributed by atoms with E-state index >= 15 is 0 Å². The molecule has 0 aromatic rings. The summed E-state index contributed by atoms with van der Waals surface area (Å²) in [5.41, 5.74) is 0. The van der Waals surface area contributed by atoms with E-state index in [2.05, 4.69) is 43.1 Å². The highest BCUT2D eigenvalue weighted by atomic mass is 16.7. The van der Waals surface area contributed by atoms with E-state index in [0.29, 0.717) is 53.0 Å². The number of alkyl carbamates (subject to hydrolysis) is 1. The number of nitrogens with one attached hydrogen (secondary N) is 2. The van der Waals surface area contributed by atoms with Gasteiger partial charge >= 0.3 is 12.2 Å². The van der Waals surface area contributed by atoms with Gasteiger partial charge in [-0.2, -0.15) is 9.59 Å². The molecule has 0 heterocycles. The highest BCUT2D eigenvalue weighted by Crippen LogP contribution is 2.03. The van der Waals surface area contributed by atoms with Crippen LogP contribution in [0.3, 0.4) is 0 Å². The molecule has 356 valence electrons. The number of likely N-dealkylation sites (N-methyl/N-ethyl adjacent to an activating group) is 1. The van der Waals surface area contributed by atoms with Crippen LogP contribution in [0.25, 0.3) is 0 Å². The van der Waals surface area contributed by atoms with E-state index in [1.165, 1.54) is 0 Å². The van der Waals surface area contributed by atoms with E-state index in [1.54, 1.807) is 0 Å². The van der Waals surface area contributed by atoms with Crippen LogP contribution < -0.4 is 10.6 Å². The van der Waals surface area contributed by atoms with Gasteiger partial charge in [0.05, 0.1) is 45.2 Å². The van der Waals surface area contributed by atoms with E-state index in [0.717, 1.165) is 124 Å². The highest BCUT2D eigenvalue weighted by molar-refractivity contribution is 5.66. The fourth-order valence-corrected chi connectivity index (χ4v) is 3.42. The van der Waals surface area contributed by atoms with Gasteiger partial charge in [0.2, 0.25) is 0 Å². The largest absolute Gasteiger partial charge is 0.450 e. The van der Waals surface area contributed by atoms with Crippen LogP contribution in [-0.2, 0) is 47.5 Å². The second-order valence-electron chi connectivity index (χ2n) is 11.8. The number of aliphatic hydroxyl groups excluding tert-OH is 2. The molecular weight excluding hydrogens is 752 g/mol. The van der Waals surface area contributed by atoms with E-state index in [-0.39, 0.29) is 24.5 Å². The summed E-state index contributed by atoms with van der Waals surface area (Å²) in [7, 11) is 0. The first-order valence-electron chi connectivity index (χ1n) is 22.1. The Labute approximate surface area is 356 Å². The number of ether oxygens (including phenoxy) is 8. The first kappa shape index (κ1) is 70.8. The summed E-state index contributed by atoms with van der Waals surface area (Å²) in [4.78, 5) is 26.7. The van der Waals surface area contributed by atoms with Crippen molar-refractivity contribution < 1.29 is 62.5 Å². The average molecular weight is 849 g/mol. The molecule has 0 spiro atoms. The monoisotopic (exact) mass is 849 g/mol. The van der Waals surface area contributed by atoms with Gasteiger partial charge < -0.3 is 58.7 Å². The zero-order valence-corrected chi connectivity index (χ0v) is 39.6. The predicted octanol–water partition coefficient (Wildman–Crippen LogP) is 7.59. The molecule has 0 aliphatic rings. The molecule has 0 fully saturated rings. The maximum Gasteiger partial charge on any atom is 0.407 e. The summed E-state index contributed by atoms with van der Waals surface area (Å²) in [5, 5.41) is 24.0. The first-order chi connectivity index (χ1) is 28.1. The Morgan fingerprint density at radius 3 is 1.48 bits per heavy atom. The van der Waals surface area contributed by atoms with Crippen LogP contribution in [0.2, 0.25) is 0 Å². The number of aliphatic hydroxyl groups is 2. The van der Waals surface area contributed by atoms with Crippen LogP contribution in [0.4, 0.5) is 4.79 Å². The topological polar surface area (TPSA) is 190 Å². The van der Waals surface area contributed by atoms with Crippen molar-refractivity contribution in [1.82, 2.24) is 10.6 Å². The third-order valence-corrected chi connectivity index (χ3v) is 6.44. The minimum absolute atomic E-state index is 0.100. The van der Waals surface area contributed by atoms with Gasteiger partial charge in [-0.15, -0.1) is 0 Å². The van der Waals surface area contributed by atoms with Crippen molar-refractivity contribution in [1.29, 1.82) is 0 Å². The summed E-state index contributed by atoms with van der Waals surface area (Å²) in [6.07, 6.45) is 9.69. The molecule has 0 aliphatic heterocycles. The Hall–Kier alpha value is -1.75. The molecule has 58 heavy (non-hydrogen) atoms. The zero-order chi connectivity index (χ0) is 45.6. The number of rotatable bonds is 32. The Morgan fingerprint density at radius 2 is 1.02 bits per heavy atom. The van der Waals surface area contributed by atoms with Crippen LogP contribution in [-0.4, -0.2) is 147 Å². The van der Waals surface area contributed by atoms with Crippen molar-refractivity contribution in [3.05, 3.63) is 0 Å². The van der Waals surface area contributed by atoms with Gasteiger partial charge in [-0.25, -0.2) is 4.79 Å². The van der Waals surface area contributed by atoms with E-state index in [1.807, 2.05) is 55.4 Å². The lowest BCUT2D eigenvalue weighted by atomic mass is 10.1. The van der Waals surface area contributed by atoms with Gasteiger partial charge in [0.15, 0.2) is 0 Å². The quantitative estimate of drug-likeness (QED) is 0.0383. The van der Waals surface area contributed by atoms with Gasteiger partial charge in [-0.3, -0.25) is 0 Å². The van der Waals surface area contributed by atoms with Crippen LogP contribution in [0.1, 0.15) is 147 Å². The van der Waals surface area contributed by atoms with Crippen molar-refractivity contribution in [2.45, 2.75) is 160 Å². The minimum Gasteiger partial charge on any atom is -0.450 e. The van der Waals surface area contributed by atoms with Crippen molar-refractivity contribution in [2.75, 3.05) is 112 Å². The van der Waals surface area contributed by atoms with Crippen molar-refractivity contribution in [3.8, 4) is 0 Å². The molecule has 0 saturated heterocycles. The van der Waals surface area contributed by atoms with Crippen molar-refractivity contribution >= 4 is 12.2 Å². The number of hydrogen-bond donors (Lipinski definition) is 4. The van der Waals surface area contributed by atoms with Gasteiger partial charge in [0, 0.05) is 65.9 Å². The molecule has 0 aromatic carbocycles. The van der Waals surface area contributed by atoms with Crippen LogP contribution in [0.15, 0.2) is 0 Å². The summed E-state index contributed by atoms with van der Waals surface area (Å²) >= 11 is 0. The number of carbonyl (C=O) groups excluding carboxylic acids is 3. The van der Waals surface area contributed by atoms with Crippen LogP contribution >= 0.6 is 0 Å². The highest BCUT2D eigenvalue weighted by Gasteiger charge is 2.01. The van der Waals surface area contributed by atoms with E-state index in [9.17, 15) is 15.0 Å². The summed E-state index contributed by atoms with van der Waals surface area (Å²) in [6.45, 7) is 36.7. The standard InChI is InChI=1S/C9H20O2.C8H18O3.C8H18O2.C6H13NO2.C6H15NO.C5H12O.CO2/c1-3-9(10)7-5-6-8-11-4-2;1-3-5-10-6-7-11-8-9-4-2;1-3-5-6-8(9)7-10-4-2;1-3-5-9-6(8)7-4-2;1-3-7-5-6-8-4-2;1-3-5-6-4-2;2-1-3/h9-10H,3-8H2,1-2H3;3-8H2,1-2H3;8-9H,3-7H2,1-2H3;3-5H2,1-2H3,(H,7,8);7H,3-6H2,1-2H3;3-5H2,1-2H3;. The Morgan fingerprint density at radius 1 is 0.517 bits per heavy atom. The van der Waals surface area contributed by atoms with Crippen LogP contribution in [0.5, 0.6) is 0 Å². The summed E-state index contributed by atoms with van der Waals surface area (Å²) in [6, 6.07) is 0. The van der Waals surface area contributed by atoms with Gasteiger partial charge in [-0.1, -0.05) is 54.4 Å². The molecule has 0 aromatic heterocycles. The smallest absolute Gasteiger partial charge is 0.407 e. The molecule has 15 nitrogen and oxygen atoms in total. The number of amides is 1. The molecule has 0 aliphatic carbocycles. The first-order valence-corrected chi connectivity index (χ1v) is 22.1. The molecule has 2 unspecified atom stereocenters. The molecule has 0 rings (SSSR count). The normalized spacial score (nSPS) is 10.6. The molecule has 0 bridgehead atoms. The zero-order valence-electron chi connectivity index (χ0n) is 39.6. The van der Waals surface area contributed by atoms with Gasteiger partial charge in [-0.05, 0) is 99.5 Å². The molecule has 0 saturated carbocycles. The SMILES string of the molecule is CCCCC(O)COCC.CCCOC(=O)NCC.CCCOCC.CCCOCCOCOCC.CCNCCOCC.CCOCCCCC(O)CC.O=C=O. The van der Waals surface area contributed by atoms with E-state index < -0.39 is 0 Å². The number of hydrogen-bond acceptors (Lipinski definition) is 14. The predicted molar refractivity (Wildman–Crippen MR) is 234 cm³/mol. The molecule has 0 radical (unpaired) electrons. The average Bonchev–Trinajstić information content (AvgIpc) is 3.23. The Bertz CT molecular complexity index is 652. The number of unbranched alkanes of at least 4 members (excludes halogenated alkanes) is 2. The van der Waals surface area contributed by atoms with Crippen molar-refractivity contribution in [2.24, 2.45) is 0 Å². The lowest BCUT2D eigenvalue weighted by molar-refractivity contribution is -0.191. The Balaban J connectivity index is -0.000000107.